The van der Waals surface area contributed by atoms with Gasteiger partial charge >= 0.3 is 0 Å². The molecule has 0 unspecified atom stereocenters. The highest BCUT2D eigenvalue weighted by Gasteiger charge is 2.42. The fourth-order valence-corrected chi connectivity index (χ4v) is 15.7. The monoisotopic (exact) mass is 169 g/mol. The van der Waals surface area contributed by atoms with Gasteiger partial charge in [0.1, 0.15) is 0 Å². The molecule has 0 spiro atoms. The Kier molecular flexibility index (Phi) is 1.54. The molecule has 0 atom stereocenters. The molecular formula is C3H7Cl2Si2. The van der Waals surface area contributed by atoms with E-state index in [4.69, 9.17) is 22.2 Å². The van der Waals surface area contributed by atoms with Crippen LogP contribution in [-0.2, 0) is 0 Å². The standard InChI is InChI=1S/C3H7Cl2Si2/c1-6-2-7(4,5)3-6/h2-3H2,1H3. The Labute approximate surface area is 55.8 Å². The zero-order chi connectivity index (χ0) is 5.49. The Bertz CT molecular complexity index is 75.0. The molecule has 0 aromatic heterocycles. The maximum atomic E-state index is 5.83. The average molecular weight is 170 g/mol. The van der Waals surface area contributed by atoms with Gasteiger partial charge in [0, 0.05) is 8.80 Å². The summed E-state index contributed by atoms with van der Waals surface area (Å²) in [6, 6.07) is 0. The highest BCUT2D eigenvalue weighted by atomic mass is 35.7. The molecule has 0 aliphatic carbocycles. The lowest BCUT2D eigenvalue weighted by Crippen LogP contribution is -2.42. The van der Waals surface area contributed by atoms with Gasteiger partial charge in [0.25, 0.3) is 0 Å². The zero-order valence-corrected chi connectivity index (χ0v) is 7.68. The van der Waals surface area contributed by atoms with Gasteiger partial charge < -0.3 is 0 Å². The van der Waals surface area contributed by atoms with Gasteiger partial charge in [-0.15, -0.1) is 22.2 Å². The molecule has 0 saturated carbocycles. The Balaban J connectivity index is 2.29. The first kappa shape index (κ1) is 6.14. The van der Waals surface area contributed by atoms with Crippen molar-refractivity contribution in [2.75, 3.05) is 0 Å². The minimum Gasteiger partial charge on any atom is -0.146 e. The van der Waals surface area contributed by atoms with Crippen molar-refractivity contribution in [1.29, 1.82) is 0 Å². The van der Waals surface area contributed by atoms with Crippen molar-refractivity contribution < 1.29 is 0 Å². The van der Waals surface area contributed by atoms with Crippen LogP contribution in [0.25, 0.3) is 0 Å². The van der Waals surface area contributed by atoms with E-state index in [1.54, 1.807) is 0 Å². The number of halogens is 2. The Morgan fingerprint density at radius 2 is 1.86 bits per heavy atom. The quantitative estimate of drug-likeness (QED) is 0.386. The van der Waals surface area contributed by atoms with E-state index < -0.39 is 6.69 Å². The fourth-order valence-electron chi connectivity index (χ4n) is 0.831. The minimum absolute atomic E-state index is 0.00206. The summed E-state index contributed by atoms with van der Waals surface area (Å²) >= 11 is 11.7. The highest BCUT2D eigenvalue weighted by Crippen LogP contribution is 2.37. The smallest absolute Gasteiger partial charge is 0.146 e. The normalized spacial score (nSPS) is 29.6. The lowest BCUT2D eigenvalue weighted by Gasteiger charge is -2.31. The topological polar surface area (TPSA) is 0 Å². The third kappa shape index (κ3) is 1.45. The van der Waals surface area contributed by atoms with Gasteiger partial charge in [-0.1, -0.05) is 6.55 Å². The van der Waals surface area contributed by atoms with E-state index in [1.807, 2.05) is 0 Å². The van der Waals surface area contributed by atoms with Crippen LogP contribution in [-0.4, -0.2) is 15.5 Å². The molecule has 0 nitrogen and oxygen atoms in total. The Morgan fingerprint density at radius 1 is 1.43 bits per heavy atom. The van der Waals surface area contributed by atoms with Crippen molar-refractivity contribution in [2.45, 2.75) is 17.9 Å². The molecule has 1 saturated heterocycles. The van der Waals surface area contributed by atoms with Crippen LogP contribution in [0.3, 0.4) is 0 Å². The molecule has 0 bridgehead atoms. The summed E-state index contributed by atoms with van der Waals surface area (Å²) in [4.78, 5) is 0. The first-order chi connectivity index (χ1) is 3.10. The minimum atomic E-state index is -1.52. The summed E-state index contributed by atoms with van der Waals surface area (Å²) in [5.74, 6) is 0. The van der Waals surface area contributed by atoms with E-state index in [0.29, 0.717) is 0 Å². The SMILES string of the molecule is C[Si]1C[Si](Cl)(Cl)C1. The van der Waals surface area contributed by atoms with Gasteiger partial charge in [0.15, 0.2) is 0 Å². The molecule has 0 aromatic carbocycles. The van der Waals surface area contributed by atoms with Crippen molar-refractivity contribution in [2.24, 2.45) is 0 Å². The van der Waals surface area contributed by atoms with Crippen LogP contribution in [0.1, 0.15) is 0 Å². The Hall–Kier alpha value is 1.01. The van der Waals surface area contributed by atoms with Gasteiger partial charge in [-0.2, -0.15) is 0 Å². The van der Waals surface area contributed by atoms with Crippen LogP contribution in [0.4, 0.5) is 0 Å². The molecule has 1 radical (unpaired) electrons. The van der Waals surface area contributed by atoms with Crippen LogP contribution < -0.4 is 0 Å². The third-order valence-corrected chi connectivity index (χ3v) is 14.9. The molecule has 1 heterocycles. The molecule has 0 N–H and O–H groups in total. The second-order valence-electron chi connectivity index (χ2n) is 2.17. The summed E-state index contributed by atoms with van der Waals surface area (Å²) in [5, 5.41) is 0. The average Bonchev–Trinajstić information content (AvgIpc) is 1.27. The van der Waals surface area contributed by atoms with Crippen molar-refractivity contribution in [3.05, 3.63) is 0 Å². The Morgan fingerprint density at radius 3 is 1.86 bits per heavy atom. The van der Waals surface area contributed by atoms with Crippen LogP contribution in [0.2, 0.25) is 17.9 Å². The fraction of sp³-hybridized carbons (Fsp3) is 1.00. The summed E-state index contributed by atoms with van der Waals surface area (Å²) in [5.41, 5.74) is 2.42. The summed E-state index contributed by atoms with van der Waals surface area (Å²) in [6.07, 6.45) is 0. The van der Waals surface area contributed by atoms with E-state index in [0.717, 1.165) is 0 Å². The van der Waals surface area contributed by atoms with E-state index >= 15 is 0 Å². The van der Waals surface area contributed by atoms with Gasteiger partial charge in [-0.05, 0) is 11.3 Å². The lowest BCUT2D eigenvalue weighted by molar-refractivity contribution is 1.56. The molecule has 1 aliphatic rings. The summed E-state index contributed by atoms with van der Waals surface area (Å²) in [7, 11) is -0.00206. The highest BCUT2D eigenvalue weighted by molar-refractivity contribution is 7.52. The van der Waals surface area contributed by atoms with Crippen LogP contribution in [0.15, 0.2) is 0 Å². The number of rotatable bonds is 0. The maximum Gasteiger partial charge on any atom is 0.246 e. The molecule has 4 heteroatoms. The largest absolute Gasteiger partial charge is 0.246 e. The van der Waals surface area contributed by atoms with Gasteiger partial charge in [-0.3, -0.25) is 0 Å². The molecule has 0 aromatic rings. The zero-order valence-electron chi connectivity index (χ0n) is 4.17. The molecule has 1 fully saturated rings. The first-order valence-electron chi connectivity index (χ1n) is 2.29. The molecule has 7 heavy (non-hydrogen) atoms. The van der Waals surface area contributed by atoms with Crippen LogP contribution in [0, 0.1) is 0 Å². The first-order valence-corrected chi connectivity index (χ1v) is 9.14. The number of hydrogen-bond acceptors (Lipinski definition) is 0. The van der Waals surface area contributed by atoms with E-state index in [1.165, 1.54) is 11.3 Å². The second kappa shape index (κ2) is 1.76. The summed E-state index contributed by atoms with van der Waals surface area (Å²) < 4.78 is 0. The van der Waals surface area contributed by atoms with Gasteiger partial charge in [-0.25, -0.2) is 0 Å². The predicted molar refractivity (Wildman–Crippen MR) is 38.7 cm³/mol. The van der Waals surface area contributed by atoms with Gasteiger partial charge in [0.05, 0.1) is 0 Å². The van der Waals surface area contributed by atoms with Crippen molar-refractivity contribution in [3.8, 4) is 0 Å². The van der Waals surface area contributed by atoms with Gasteiger partial charge in [0.2, 0.25) is 6.69 Å². The molecule has 1 aliphatic heterocycles. The van der Waals surface area contributed by atoms with Crippen molar-refractivity contribution in [3.63, 3.8) is 0 Å². The van der Waals surface area contributed by atoms with Crippen LogP contribution in [0.5, 0.6) is 0 Å². The van der Waals surface area contributed by atoms with E-state index in [2.05, 4.69) is 6.55 Å². The van der Waals surface area contributed by atoms with E-state index in [9.17, 15) is 0 Å². The lowest BCUT2D eigenvalue weighted by atomic mass is 11.7. The van der Waals surface area contributed by atoms with Crippen LogP contribution >= 0.6 is 22.2 Å². The molecular weight excluding hydrogens is 163 g/mol. The van der Waals surface area contributed by atoms with Crippen molar-refractivity contribution >= 4 is 37.6 Å². The molecule has 0 amide bonds. The van der Waals surface area contributed by atoms with E-state index in [-0.39, 0.29) is 8.80 Å². The molecule has 1 rings (SSSR count). The summed E-state index contributed by atoms with van der Waals surface area (Å²) in [6.45, 7) is 0.768. The second-order valence-corrected chi connectivity index (χ2v) is 13.5. The van der Waals surface area contributed by atoms with Crippen molar-refractivity contribution in [1.82, 2.24) is 0 Å². The number of hydrogen-bond donors (Lipinski definition) is 0. The maximum absolute atomic E-state index is 5.83. The molecule has 41 valence electrons. The third-order valence-electron chi connectivity index (χ3n) is 1.12. The predicted octanol–water partition coefficient (Wildman–Crippen LogP) is 2.12.